The third-order valence-corrected chi connectivity index (χ3v) is 7.25. The van der Waals surface area contributed by atoms with E-state index < -0.39 is 0 Å². The number of aromatic nitrogens is 5. The zero-order valence-corrected chi connectivity index (χ0v) is 19.3. The highest BCUT2D eigenvalue weighted by Gasteiger charge is 2.20. The van der Waals surface area contributed by atoms with Gasteiger partial charge in [0, 0.05) is 18.5 Å². The molecule has 1 aromatic carbocycles. The number of nitrogens with one attached hydrogen (secondary N) is 1. The Hall–Kier alpha value is -2.46. The molecule has 0 aliphatic heterocycles. The van der Waals surface area contributed by atoms with Crippen LogP contribution in [0.3, 0.4) is 0 Å². The molecule has 0 saturated heterocycles. The molecule has 1 fully saturated rings. The number of thioether (sulfide) groups is 1. The molecule has 1 amide bonds. The molecule has 31 heavy (non-hydrogen) atoms. The van der Waals surface area contributed by atoms with E-state index >= 15 is 0 Å². The van der Waals surface area contributed by atoms with Crippen LogP contribution in [0, 0.1) is 0 Å². The van der Waals surface area contributed by atoms with Crippen molar-refractivity contribution in [3.05, 3.63) is 29.3 Å². The van der Waals surface area contributed by atoms with Gasteiger partial charge in [0.05, 0.1) is 12.4 Å². The van der Waals surface area contributed by atoms with Crippen LogP contribution in [0.4, 0.5) is 5.13 Å². The molecule has 1 N–H and O–H groups in total. The molecule has 3 aromatic rings. The standard InChI is InChI=1S/C21H26N6O2S2/c1-3-29-16-11-9-14(10-12-16)18-23-26-21(27(18)2)30-13-17(28)22-20-25-24-19(31-20)15-7-5-4-6-8-15/h9-12,15H,3-8,13H2,1-2H3,(H,22,25,28). The van der Waals surface area contributed by atoms with E-state index in [1.807, 2.05) is 42.8 Å². The average Bonchev–Trinajstić information content (AvgIpc) is 3.40. The minimum atomic E-state index is -0.123. The summed E-state index contributed by atoms with van der Waals surface area (Å²) in [6.07, 6.45) is 6.14. The SMILES string of the molecule is CCOc1ccc(-c2nnc(SCC(=O)Nc3nnc(C4CCCCC4)s3)n2C)cc1. The van der Waals surface area contributed by atoms with Crippen LogP contribution in [0.1, 0.15) is 50.0 Å². The number of nitrogens with zero attached hydrogens (tertiary/aromatic N) is 5. The number of benzene rings is 1. The lowest BCUT2D eigenvalue weighted by Gasteiger charge is -2.18. The molecular formula is C21H26N6O2S2. The zero-order valence-electron chi connectivity index (χ0n) is 17.7. The van der Waals surface area contributed by atoms with Gasteiger partial charge in [-0.3, -0.25) is 10.1 Å². The topological polar surface area (TPSA) is 94.8 Å². The first-order valence-corrected chi connectivity index (χ1v) is 12.3. The molecule has 0 atom stereocenters. The van der Waals surface area contributed by atoms with Gasteiger partial charge in [-0.25, -0.2) is 0 Å². The second-order valence-electron chi connectivity index (χ2n) is 7.44. The summed E-state index contributed by atoms with van der Waals surface area (Å²) in [5.74, 6) is 2.16. The van der Waals surface area contributed by atoms with Crippen molar-refractivity contribution in [1.82, 2.24) is 25.0 Å². The number of carbonyl (C=O) groups is 1. The Morgan fingerprint density at radius 2 is 1.94 bits per heavy atom. The van der Waals surface area contributed by atoms with E-state index in [-0.39, 0.29) is 11.7 Å². The van der Waals surface area contributed by atoms with Crippen molar-refractivity contribution in [2.45, 2.75) is 50.1 Å². The van der Waals surface area contributed by atoms with E-state index in [1.165, 1.54) is 55.2 Å². The molecule has 8 nitrogen and oxygen atoms in total. The predicted molar refractivity (Wildman–Crippen MR) is 123 cm³/mol. The minimum absolute atomic E-state index is 0.123. The number of ether oxygens (including phenoxy) is 1. The Balaban J connectivity index is 1.32. The van der Waals surface area contributed by atoms with Crippen molar-refractivity contribution < 1.29 is 9.53 Å². The van der Waals surface area contributed by atoms with E-state index in [4.69, 9.17) is 4.74 Å². The van der Waals surface area contributed by atoms with Crippen LogP contribution < -0.4 is 10.1 Å². The fourth-order valence-electron chi connectivity index (χ4n) is 3.64. The fraction of sp³-hybridized carbons (Fsp3) is 0.476. The molecule has 2 aromatic heterocycles. The van der Waals surface area contributed by atoms with E-state index in [1.54, 1.807) is 0 Å². The molecule has 0 unspecified atom stereocenters. The molecule has 1 saturated carbocycles. The highest BCUT2D eigenvalue weighted by atomic mass is 32.2. The first kappa shape index (κ1) is 21.8. The molecule has 0 spiro atoms. The lowest BCUT2D eigenvalue weighted by molar-refractivity contribution is -0.113. The largest absolute Gasteiger partial charge is 0.494 e. The van der Waals surface area contributed by atoms with Gasteiger partial charge in [-0.2, -0.15) is 0 Å². The third-order valence-electron chi connectivity index (χ3n) is 5.23. The number of anilines is 1. The number of hydrogen-bond acceptors (Lipinski definition) is 8. The van der Waals surface area contributed by atoms with Crippen molar-refractivity contribution in [1.29, 1.82) is 0 Å². The highest BCUT2D eigenvalue weighted by Crippen LogP contribution is 2.35. The quantitative estimate of drug-likeness (QED) is 0.496. The molecule has 0 radical (unpaired) electrons. The Morgan fingerprint density at radius 3 is 2.68 bits per heavy atom. The number of hydrogen-bond donors (Lipinski definition) is 1. The Kier molecular flexibility index (Phi) is 7.18. The summed E-state index contributed by atoms with van der Waals surface area (Å²) in [6.45, 7) is 2.59. The molecule has 4 rings (SSSR count). The van der Waals surface area contributed by atoms with Crippen LogP contribution in [0.15, 0.2) is 29.4 Å². The Bertz CT molecular complexity index is 1010. The van der Waals surface area contributed by atoms with Gasteiger partial charge in [0.25, 0.3) is 0 Å². The van der Waals surface area contributed by atoms with E-state index in [9.17, 15) is 4.79 Å². The first-order valence-electron chi connectivity index (χ1n) is 10.5. The number of rotatable bonds is 8. The monoisotopic (exact) mass is 458 g/mol. The van der Waals surface area contributed by atoms with Gasteiger partial charge in [0.15, 0.2) is 11.0 Å². The lowest BCUT2D eigenvalue weighted by atomic mass is 9.90. The summed E-state index contributed by atoms with van der Waals surface area (Å²) < 4.78 is 7.37. The zero-order chi connectivity index (χ0) is 21.6. The summed E-state index contributed by atoms with van der Waals surface area (Å²) in [5, 5.41) is 22.1. The molecule has 1 aliphatic rings. The molecule has 2 heterocycles. The predicted octanol–water partition coefficient (Wildman–Crippen LogP) is 4.51. The van der Waals surface area contributed by atoms with E-state index in [0.717, 1.165) is 22.1 Å². The van der Waals surface area contributed by atoms with Gasteiger partial charge >= 0.3 is 0 Å². The maximum Gasteiger partial charge on any atom is 0.236 e. The van der Waals surface area contributed by atoms with Crippen LogP contribution >= 0.6 is 23.1 Å². The summed E-state index contributed by atoms with van der Waals surface area (Å²) in [7, 11) is 1.90. The van der Waals surface area contributed by atoms with Gasteiger partial charge < -0.3 is 9.30 Å². The van der Waals surface area contributed by atoms with E-state index in [0.29, 0.717) is 22.8 Å². The van der Waals surface area contributed by atoms with Crippen molar-refractivity contribution in [2.75, 3.05) is 17.7 Å². The number of amides is 1. The van der Waals surface area contributed by atoms with Crippen LogP contribution in [0.5, 0.6) is 5.75 Å². The lowest BCUT2D eigenvalue weighted by Crippen LogP contribution is -2.14. The van der Waals surface area contributed by atoms with Crippen LogP contribution in [0.25, 0.3) is 11.4 Å². The molecular weight excluding hydrogens is 432 g/mol. The Morgan fingerprint density at radius 1 is 1.16 bits per heavy atom. The molecule has 164 valence electrons. The second-order valence-corrected chi connectivity index (χ2v) is 9.39. The van der Waals surface area contributed by atoms with Crippen molar-refractivity contribution in [3.63, 3.8) is 0 Å². The van der Waals surface area contributed by atoms with Crippen LogP contribution in [-0.4, -0.2) is 43.2 Å². The van der Waals surface area contributed by atoms with Gasteiger partial charge in [0.2, 0.25) is 11.0 Å². The summed E-state index contributed by atoms with van der Waals surface area (Å²) >= 11 is 2.84. The van der Waals surface area contributed by atoms with E-state index in [2.05, 4.69) is 25.7 Å². The van der Waals surface area contributed by atoms with Crippen molar-refractivity contribution in [3.8, 4) is 17.1 Å². The van der Waals surface area contributed by atoms with Crippen molar-refractivity contribution >= 4 is 34.1 Å². The molecule has 1 aliphatic carbocycles. The first-order chi connectivity index (χ1) is 15.1. The summed E-state index contributed by atoms with van der Waals surface area (Å²) in [5.41, 5.74) is 0.943. The van der Waals surface area contributed by atoms with Crippen LogP contribution in [-0.2, 0) is 11.8 Å². The fourth-order valence-corrected chi connectivity index (χ4v) is 5.28. The summed E-state index contributed by atoms with van der Waals surface area (Å²) in [6, 6.07) is 7.74. The molecule has 0 bridgehead atoms. The second kappa shape index (κ2) is 10.2. The van der Waals surface area contributed by atoms with Gasteiger partial charge in [-0.15, -0.1) is 20.4 Å². The smallest absolute Gasteiger partial charge is 0.236 e. The van der Waals surface area contributed by atoms with Gasteiger partial charge in [-0.1, -0.05) is 42.4 Å². The maximum absolute atomic E-state index is 12.4. The van der Waals surface area contributed by atoms with Crippen molar-refractivity contribution in [2.24, 2.45) is 7.05 Å². The van der Waals surface area contributed by atoms with Gasteiger partial charge in [-0.05, 0) is 44.0 Å². The summed E-state index contributed by atoms with van der Waals surface area (Å²) in [4.78, 5) is 12.4. The van der Waals surface area contributed by atoms with Gasteiger partial charge in [0.1, 0.15) is 10.8 Å². The highest BCUT2D eigenvalue weighted by molar-refractivity contribution is 7.99. The third kappa shape index (κ3) is 5.43. The average molecular weight is 459 g/mol. The minimum Gasteiger partial charge on any atom is -0.494 e. The Labute approximate surface area is 189 Å². The van der Waals surface area contributed by atoms with Crippen LogP contribution in [0.2, 0.25) is 0 Å². The number of carbonyl (C=O) groups excluding carboxylic acids is 1. The molecule has 10 heteroatoms. The normalized spacial score (nSPS) is 14.5. The maximum atomic E-state index is 12.4.